The molecule has 0 radical (unpaired) electrons. The highest BCUT2D eigenvalue weighted by Crippen LogP contribution is 2.12. The van der Waals surface area contributed by atoms with E-state index in [0.29, 0.717) is 18.6 Å². The van der Waals surface area contributed by atoms with Gasteiger partial charge < -0.3 is 32.5 Å². The van der Waals surface area contributed by atoms with Crippen molar-refractivity contribution < 1.29 is 29.1 Å². The molecule has 0 saturated heterocycles. The largest absolute Gasteiger partial charge is 0.480 e. The lowest BCUT2D eigenvalue weighted by Crippen LogP contribution is -2.59. The van der Waals surface area contributed by atoms with E-state index in [0.717, 1.165) is 0 Å². The van der Waals surface area contributed by atoms with Crippen LogP contribution in [0, 0.1) is 11.8 Å². The molecule has 0 aromatic carbocycles. The van der Waals surface area contributed by atoms with E-state index in [2.05, 4.69) is 16.0 Å². The van der Waals surface area contributed by atoms with Crippen LogP contribution in [0.15, 0.2) is 0 Å². The molecule has 11 nitrogen and oxygen atoms in total. The average molecular weight is 504 g/mol. The van der Waals surface area contributed by atoms with Crippen LogP contribution >= 0.6 is 11.8 Å². The number of rotatable bonds is 17. The summed E-state index contributed by atoms with van der Waals surface area (Å²) in [5.41, 5.74) is 11.2. The summed E-state index contributed by atoms with van der Waals surface area (Å²) in [4.78, 5) is 61.4. The fourth-order valence-corrected chi connectivity index (χ4v) is 3.52. The first-order chi connectivity index (χ1) is 15.9. The first kappa shape index (κ1) is 31.7. The molecule has 0 bridgehead atoms. The van der Waals surface area contributed by atoms with Crippen LogP contribution in [0.1, 0.15) is 59.8 Å². The van der Waals surface area contributed by atoms with E-state index >= 15 is 0 Å². The number of nitrogens with one attached hydrogen (secondary N) is 3. The zero-order chi connectivity index (χ0) is 26.4. The lowest BCUT2D eigenvalue weighted by molar-refractivity contribution is -0.142. The smallest absolute Gasteiger partial charge is 0.326 e. The van der Waals surface area contributed by atoms with Crippen molar-refractivity contribution >= 4 is 41.4 Å². The predicted molar refractivity (Wildman–Crippen MR) is 132 cm³/mol. The predicted octanol–water partition coefficient (Wildman–Crippen LogP) is -0.0365. The summed E-state index contributed by atoms with van der Waals surface area (Å²) in [5, 5.41) is 17.1. The van der Waals surface area contributed by atoms with E-state index in [9.17, 15) is 29.1 Å². The van der Waals surface area contributed by atoms with E-state index in [-0.39, 0.29) is 31.1 Å². The Morgan fingerprint density at radius 3 is 1.88 bits per heavy atom. The van der Waals surface area contributed by atoms with Crippen molar-refractivity contribution in [1.82, 2.24) is 16.0 Å². The third kappa shape index (κ3) is 11.2. The normalized spacial score (nSPS) is 16.3. The van der Waals surface area contributed by atoms with Crippen molar-refractivity contribution in [2.45, 2.75) is 84.0 Å². The summed E-state index contributed by atoms with van der Waals surface area (Å²) >= 11 is 1.45. The molecule has 6 atom stereocenters. The van der Waals surface area contributed by atoms with Gasteiger partial charge in [-0.15, -0.1) is 0 Å². The van der Waals surface area contributed by atoms with Gasteiger partial charge >= 0.3 is 5.97 Å². The Bertz CT molecular complexity index is 707. The van der Waals surface area contributed by atoms with Crippen molar-refractivity contribution in [2.75, 3.05) is 12.0 Å². The summed E-state index contributed by atoms with van der Waals surface area (Å²) in [6, 6.07) is -4.12. The van der Waals surface area contributed by atoms with Gasteiger partial charge in [0.15, 0.2) is 0 Å². The average Bonchev–Trinajstić information content (AvgIpc) is 2.80. The maximum absolute atomic E-state index is 13.1. The summed E-state index contributed by atoms with van der Waals surface area (Å²) in [6.45, 7) is 7.27. The first-order valence-electron chi connectivity index (χ1n) is 11.6. The summed E-state index contributed by atoms with van der Waals surface area (Å²) < 4.78 is 0. The molecule has 0 aliphatic heterocycles. The second-order valence-electron chi connectivity index (χ2n) is 8.53. The molecule has 12 heteroatoms. The minimum absolute atomic E-state index is 0.0690. The van der Waals surface area contributed by atoms with Gasteiger partial charge in [-0.3, -0.25) is 19.2 Å². The summed E-state index contributed by atoms with van der Waals surface area (Å²) in [6.07, 6.45) is 3.01. The van der Waals surface area contributed by atoms with E-state index in [4.69, 9.17) is 11.5 Å². The Morgan fingerprint density at radius 1 is 0.853 bits per heavy atom. The number of carboxylic acid groups (broad SMARTS) is 1. The maximum atomic E-state index is 13.1. The second kappa shape index (κ2) is 16.3. The number of amides is 4. The minimum atomic E-state index is -1.16. The monoisotopic (exact) mass is 503 g/mol. The summed E-state index contributed by atoms with van der Waals surface area (Å²) in [7, 11) is 0. The number of nitrogens with two attached hydrogens (primary N) is 2. The molecule has 0 spiro atoms. The van der Waals surface area contributed by atoms with E-state index in [1.807, 2.05) is 27.0 Å². The second-order valence-corrected chi connectivity index (χ2v) is 9.52. The molecular formula is C22H41N5O6S. The zero-order valence-corrected chi connectivity index (χ0v) is 21.6. The number of carboxylic acids is 1. The lowest BCUT2D eigenvalue weighted by atomic mass is 9.96. The van der Waals surface area contributed by atoms with Gasteiger partial charge in [0, 0.05) is 6.42 Å². The number of thioether (sulfide) groups is 1. The quantitative estimate of drug-likeness (QED) is 0.159. The highest BCUT2D eigenvalue weighted by atomic mass is 32.2. The molecule has 0 aliphatic carbocycles. The van der Waals surface area contributed by atoms with Crippen LogP contribution in [0.4, 0.5) is 0 Å². The number of carbonyl (C=O) groups excluding carboxylic acids is 4. The fourth-order valence-electron chi connectivity index (χ4n) is 3.05. The number of aliphatic carboxylic acids is 1. The molecular weight excluding hydrogens is 462 g/mol. The number of hydrogen-bond acceptors (Lipinski definition) is 7. The van der Waals surface area contributed by atoms with Gasteiger partial charge in [0.25, 0.3) is 0 Å². The van der Waals surface area contributed by atoms with Crippen molar-refractivity contribution in [1.29, 1.82) is 0 Å². The number of carbonyl (C=O) groups is 5. The Morgan fingerprint density at radius 2 is 1.41 bits per heavy atom. The third-order valence-electron chi connectivity index (χ3n) is 5.89. The molecule has 0 aliphatic rings. The van der Waals surface area contributed by atoms with Gasteiger partial charge in [-0.2, -0.15) is 11.8 Å². The molecule has 0 rings (SSSR count). The molecule has 34 heavy (non-hydrogen) atoms. The van der Waals surface area contributed by atoms with E-state index in [1.165, 1.54) is 11.8 Å². The third-order valence-corrected chi connectivity index (χ3v) is 6.53. The molecule has 0 aromatic rings. The van der Waals surface area contributed by atoms with E-state index in [1.54, 1.807) is 6.92 Å². The highest BCUT2D eigenvalue weighted by molar-refractivity contribution is 7.98. The topological polar surface area (TPSA) is 194 Å². The van der Waals surface area contributed by atoms with Gasteiger partial charge in [-0.25, -0.2) is 4.79 Å². The lowest BCUT2D eigenvalue weighted by Gasteiger charge is -2.28. The van der Waals surface area contributed by atoms with Crippen molar-refractivity contribution in [3.05, 3.63) is 0 Å². The van der Waals surface area contributed by atoms with Crippen LogP contribution in [-0.4, -0.2) is 70.9 Å². The molecule has 0 aromatic heterocycles. The molecule has 6 unspecified atom stereocenters. The molecule has 0 heterocycles. The van der Waals surface area contributed by atoms with Crippen LogP contribution in [0.3, 0.4) is 0 Å². The fraction of sp³-hybridized carbons (Fsp3) is 0.773. The molecule has 0 saturated carbocycles. The minimum Gasteiger partial charge on any atom is -0.480 e. The Labute approximate surface area is 205 Å². The molecule has 4 amide bonds. The Hall–Kier alpha value is -2.34. The summed E-state index contributed by atoms with van der Waals surface area (Å²) in [5.74, 6) is -3.59. The standard InChI is InChI=1S/C22H41N5O6S/c1-6-12(3)17(24)20(30)25-14(8-9-16(23)28)19(29)27-18(13(4)7-2)21(31)26-15(22(32)33)10-11-34-5/h12-15,17-18H,6-11,24H2,1-5H3,(H2,23,28)(H,25,30)(H,26,31)(H,27,29)(H,32,33). The van der Waals surface area contributed by atoms with Gasteiger partial charge in [-0.05, 0) is 36.7 Å². The van der Waals surface area contributed by atoms with Crippen LogP contribution in [0.25, 0.3) is 0 Å². The maximum Gasteiger partial charge on any atom is 0.326 e. The molecule has 196 valence electrons. The number of hydrogen-bond donors (Lipinski definition) is 6. The van der Waals surface area contributed by atoms with Crippen LogP contribution in [0.2, 0.25) is 0 Å². The molecule has 8 N–H and O–H groups in total. The van der Waals surface area contributed by atoms with Crippen molar-refractivity contribution in [2.24, 2.45) is 23.3 Å². The molecule has 0 fully saturated rings. The van der Waals surface area contributed by atoms with Crippen molar-refractivity contribution in [3.8, 4) is 0 Å². The van der Waals surface area contributed by atoms with Gasteiger partial charge in [0.2, 0.25) is 23.6 Å². The van der Waals surface area contributed by atoms with Gasteiger partial charge in [0.05, 0.1) is 6.04 Å². The SMILES string of the molecule is CCC(C)C(N)C(=O)NC(CCC(N)=O)C(=O)NC(C(=O)NC(CCSC)C(=O)O)C(C)CC. The van der Waals surface area contributed by atoms with Crippen molar-refractivity contribution in [3.63, 3.8) is 0 Å². The number of primary amides is 1. The van der Waals surface area contributed by atoms with Gasteiger partial charge in [0.1, 0.15) is 18.1 Å². The first-order valence-corrected chi connectivity index (χ1v) is 12.9. The van der Waals surface area contributed by atoms with Crippen LogP contribution < -0.4 is 27.4 Å². The highest BCUT2D eigenvalue weighted by Gasteiger charge is 2.33. The Kier molecular flexibility index (Phi) is 15.2. The van der Waals surface area contributed by atoms with Crippen LogP contribution in [-0.2, 0) is 24.0 Å². The Balaban J connectivity index is 5.61. The zero-order valence-electron chi connectivity index (χ0n) is 20.8. The van der Waals surface area contributed by atoms with Gasteiger partial charge in [-0.1, -0.05) is 40.5 Å². The van der Waals surface area contributed by atoms with E-state index < -0.39 is 53.8 Å². The van der Waals surface area contributed by atoms with Crippen LogP contribution in [0.5, 0.6) is 0 Å².